The fraction of sp³-hybridized carbons (Fsp3) is 0.526. The first-order valence-electron chi connectivity index (χ1n) is 9.06. The quantitative estimate of drug-likeness (QED) is 0.905. The molecule has 0 aliphatic carbocycles. The van der Waals surface area contributed by atoms with Gasteiger partial charge in [-0.2, -0.15) is 0 Å². The molecule has 1 saturated heterocycles. The van der Waals surface area contributed by atoms with Gasteiger partial charge in [0.1, 0.15) is 11.9 Å². The second-order valence-corrected chi connectivity index (χ2v) is 6.81. The van der Waals surface area contributed by atoms with E-state index in [9.17, 15) is 9.59 Å². The lowest BCUT2D eigenvalue weighted by Crippen LogP contribution is -2.44. The van der Waals surface area contributed by atoms with Gasteiger partial charge in [-0.15, -0.1) is 0 Å². The molecule has 1 aromatic heterocycles. The average Bonchev–Trinajstić information content (AvgIpc) is 2.99. The maximum Gasteiger partial charge on any atom is 0.245 e. The average molecular weight is 342 g/mol. The fourth-order valence-corrected chi connectivity index (χ4v) is 3.69. The Balaban J connectivity index is 1.84. The smallest absolute Gasteiger partial charge is 0.245 e. The van der Waals surface area contributed by atoms with Gasteiger partial charge in [0.05, 0.1) is 11.0 Å². The number of benzene rings is 1. The van der Waals surface area contributed by atoms with Crippen LogP contribution in [0.15, 0.2) is 24.3 Å². The Bertz CT molecular complexity index is 775. The number of para-hydroxylation sites is 2. The third-order valence-corrected chi connectivity index (χ3v) is 5.10. The molecule has 0 radical (unpaired) electrons. The van der Waals surface area contributed by atoms with Crippen molar-refractivity contribution < 1.29 is 9.59 Å². The van der Waals surface area contributed by atoms with Crippen molar-refractivity contribution >= 4 is 22.8 Å². The molecule has 1 aliphatic heterocycles. The fourth-order valence-electron chi connectivity index (χ4n) is 3.69. The summed E-state index contributed by atoms with van der Waals surface area (Å²) in [5.41, 5.74) is 7.31. The van der Waals surface area contributed by atoms with Gasteiger partial charge in [-0.1, -0.05) is 19.1 Å². The Labute approximate surface area is 148 Å². The van der Waals surface area contributed by atoms with E-state index in [0.29, 0.717) is 25.9 Å². The zero-order chi connectivity index (χ0) is 18.0. The molecule has 6 nitrogen and oxygen atoms in total. The topological polar surface area (TPSA) is 81.2 Å². The minimum absolute atomic E-state index is 0.0865. The number of likely N-dealkylation sites (tertiary alicyclic amines) is 1. The van der Waals surface area contributed by atoms with E-state index in [1.54, 1.807) is 0 Å². The van der Waals surface area contributed by atoms with Crippen molar-refractivity contribution in [2.75, 3.05) is 13.1 Å². The van der Waals surface area contributed by atoms with Crippen molar-refractivity contribution in [2.45, 2.75) is 45.6 Å². The van der Waals surface area contributed by atoms with E-state index in [4.69, 9.17) is 10.7 Å². The number of hydrogen-bond donors (Lipinski definition) is 1. The number of aromatic nitrogens is 2. The second-order valence-electron chi connectivity index (χ2n) is 6.81. The highest BCUT2D eigenvalue weighted by atomic mass is 16.2. The van der Waals surface area contributed by atoms with Gasteiger partial charge < -0.3 is 15.2 Å². The summed E-state index contributed by atoms with van der Waals surface area (Å²) in [5, 5.41) is 0. The van der Waals surface area contributed by atoms with Crippen molar-refractivity contribution in [3.8, 4) is 0 Å². The first-order valence-corrected chi connectivity index (χ1v) is 9.06. The number of aryl methyl sites for hydroxylation is 1. The largest absolute Gasteiger partial charge is 0.369 e. The van der Waals surface area contributed by atoms with Gasteiger partial charge in [-0.05, 0) is 38.3 Å². The molecule has 1 unspecified atom stereocenters. The van der Waals surface area contributed by atoms with Crippen molar-refractivity contribution in [2.24, 2.45) is 11.7 Å². The van der Waals surface area contributed by atoms with Gasteiger partial charge in [0.15, 0.2) is 0 Å². The van der Waals surface area contributed by atoms with Crippen LogP contribution in [0.4, 0.5) is 0 Å². The number of amides is 2. The number of rotatable bonds is 5. The molecule has 1 fully saturated rings. The number of imidazole rings is 1. The Morgan fingerprint density at radius 2 is 1.96 bits per heavy atom. The number of carbonyl (C=O) groups excluding carboxylic acids is 2. The summed E-state index contributed by atoms with van der Waals surface area (Å²) in [4.78, 5) is 30.9. The monoisotopic (exact) mass is 342 g/mol. The lowest BCUT2D eigenvalue weighted by molar-refractivity contribution is -0.137. The van der Waals surface area contributed by atoms with Crippen LogP contribution in [0.2, 0.25) is 0 Å². The highest BCUT2D eigenvalue weighted by molar-refractivity contribution is 5.84. The molecular formula is C19H26N4O2. The predicted octanol–water partition coefficient (Wildman–Crippen LogP) is 2.27. The number of hydrogen-bond acceptors (Lipinski definition) is 3. The molecule has 0 bridgehead atoms. The molecule has 1 aliphatic rings. The van der Waals surface area contributed by atoms with Gasteiger partial charge in [-0.25, -0.2) is 4.98 Å². The summed E-state index contributed by atoms with van der Waals surface area (Å²) < 4.78 is 2.07. The van der Waals surface area contributed by atoms with Crippen molar-refractivity contribution in [1.29, 1.82) is 0 Å². The van der Waals surface area contributed by atoms with E-state index in [2.05, 4.69) is 11.5 Å². The molecule has 3 rings (SSSR count). The number of piperidine rings is 1. The molecular weight excluding hydrogens is 316 g/mol. The van der Waals surface area contributed by atoms with Crippen LogP contribution in [-0.4, -0.2) is 39.4 Å². The van der Waals surface area contributed by atoms with Crippen LogP contribution in [0.1, 0.15) is 45.0 Å². The summed E-state index contributed by atoms with van der Waals surface area (Å²) in [6.07, 6.45) is 3.13. The molecule has 2 N–H and O–H groups in total. The molecule has 1 aromatic carbocycles. The number of fused-ring (bicyclic) bond motifs is 1. The van der Waals surface area contributed by atoms with Gasteiger partial charge in [0.25, 0.3) is 0 Å². The third-order valence-electron chi connectivity index (χ3n) is 5.10. The Morgan fingerprint density at radius 1 is 1.28 bits per heavy atom. The summed E-state index contributed by atoms with van der Waals surface area (Å²) in [7, 11) is 0. The normalized spacial score (nSPS) is 17.0. The van der Waals surface area contributed by atoms with Gasteiger partial charge in [-0.3, -0.25) is 9.59 Å². The Kier molecular flexibility index (Phi) is 5.06. The molecule has 134 valence electrons. The lowest BCUT2D eigenvalue weighted by atomic mass is 9.96. The lowest BCUT2D eigenvalue weighted by Gasteiger charge is -2.33. The number of nitrogens with two attached hydrogens (primary N) is 1. The van der Waals surface area contributed by atoms with Gasteiger partial charge >= 0.3 is 0 Å². The molecule has 25 heavy (non-hydrogen) atoms. The minimum Gasteiger partial charge on any atom is -0.369 e. The number of primary amides is 1. The highest BCUT2D eigenvalue weighted by Crippen LogP contribution is 2.25. The number of carbonyl (C=O) groups is 2. The Hall–Kier alpha value is -2.37. The SMILES string of the molecule is CCCc1nc2ccccc2n1C(C)C(=O)N1CCC(C(N)=O)CC1. The summed E-state index contributed by atoms with van der Waals surface area (Å²) in [6.45, 7) is 5.24. The maximum absolute atomic E-state index is 13.0. The summed E-state index contributed by atoms with van der Waals surface area (Å²) >= 11 is 0. The van der Waals surface area contributed by atoms with E-state index < -0.39 is 0 Å². The van der Waals surface area contributed by atoms with Crippen LogP contribution < -0.4 is 5.73 Å². The van der Waals surface area contributed by atoms with Crippen molar-refractivity contribution in [1.82, 2.24) is 14.5 Å². The molecule has 6 heteroatoms. The van der Waals surface area contributed by atoms with E-state index in [1.165, 1.54) is 0 Å². The first kappa shape index (κ1) is 17.5. The highest BCUT2D eigenvalue weighted by Gasteiger charge is 2.30. The van der Waals surface area contributed by atoms with E-state index >= 15 is 0 Å². The standard InChI is InChI=1S/C19H26N4O2/c1-3-6-17-21-15-7-4-5-8-16(15)23(17)13(2)19(25)22-11-9-14(10-12-22)18(20)24/h4-5,7-8,13-14H,3,6,9-12H2,1-2H3,(H2,20,24). The van der Waals surface area contributed by atoms with E-state index in [1.807, 2.05) is 36.1 Å². The van der Waals surface area contributed by atoms with E-state index in [0.717, 1.165) is 29.7 Å². The molecule has 2 aromatic rings. The first-order chi connectivity index (χ1) is 12.0. The molecule has 0 spiro atoms. The predicted molar refractivity (Wildman–Crippen MR) is 96.9 cm³/mol. The van der Waals surface area contributed by atoms with Crippen LogP contribution in [0, 0.1) is 5.92 Å². The van der Waals surface area contributed by atoms with Crippen LogP contribution in [0.5, 0.6) is 0 Å². The molecule has 2 amide bonds. The van der Waals surface area contributed by atoms with Crippen molar-refractivity contribution in [3.63, 3.8) is 0 Å². The zero-order valence-corrected chi connectivity index (χ0v) is 14.9. The Morgan fingerprint density at radius 3 is 2.60 bits per heavy atom. The van der Waals surface area contributed by atoms with Crippen LogP contribution in [-0.2, 0) is 16.0 Å². The zero-order valence-electron chi connectivity index (χ0n) is 14.9. The van der Waals surface area contributed by atoms with Gasteiger partial charge in [0, 0.05) is 25.4 Å². The molecule has 1 atom stereocenters. The van der Waals surface area contributed by atoms with Crippen molar-refractivity contribution in [3.05, 3.63) is 30.1 Å². The van der Waals surface area contributed by atoms with Crippen LogP contribution >= 0.6 is 0 Å². The number of nitrogens with zero attached hydrogens (tertiary/aromatic N) is 3. The minimum atomic E-state index is -0.306. The van der Waals surface area contributed by atoms with Crippen LogP contribution in [0.25, 0.3) is 11.0 Å². The maximum atomic E-state index is 13.0. The van der Waals surface area contributed by atoms with Crippen LogP contribution in [0.3, 0.4) is 0 Å². The summed E-state index contributed by atoms with van der Waals surface area (Å²) in [6, 6.07) is 7.65. The van der Waals surface area contributed by atoms with E-state index in [-0.39, 0.29) is 23.8 Å². The summed E-state index contributed by atoms with van der Waals surface area (Å²) in [5.74, 6) is 0.676. The van der Waals surface area contributed by atoms with Gasteiger partial charge in [0.2, 0.25) is 11.8 Å². The third kappa shape index (κ3) is 3.38. The second kappa shape index (κ2) is 7.25. The molecule has 2 heterocycles. The molecule has 0 saturated carbocycles.